The van der Waals surface area contributed by atoms with E-state index in [-0.39, 0.29) is 19.1 Å². The Bertz CT molecular complexity index is 637. The highest BCUT2D eigenvalue weighted by Gasteiger charge is 2.06. The van der Waals surface area contributed by atoms with E-state index in [2.05, 4.69) is 10.3 Å². The second-order valence-electron chi connectivity index (χ2n) is 4.32. The van der Waals surface area contributed by atoms with Crippen LogP contribution in [0.2, 0.25) is 0 Å². The van der Waals surface area contributed by atoms with Gasteiger partial charge in [0, 0.05) is 5.56 Å². The number of nitrogens with zero attached hydrogens (tertiary/aromatic N) is 1. The molecule has 0 radical (unpaired) electrons. The third-order valence-corrected chi connectivity index (χ3v) is 2.85. The molecule has 0 saturated carbocycles. The van der Waals surface area contributed by atoms with Crippen LogP contribution in [0.1, 0.15) is 17.2 Å². The molecule has 110 valence electrons. The molecule has 2 aromatic rings. The topological polar surface area (TPSA) is 90.4 Å². The van der Waals surface area contributed by atoms with Gasteiger partial charge in [-0.15, -0.1) is 0 Å². The van der Waals surface area contributed by atoms with E-state index in [1.165, 1.54) is 0 Å². The SMILES string of the molecule is Cc1cnc(CNC(=O)COc2ccc(C(N)=S)cc2)o1. The molecule has 0 atom stereocenters. The molecule has 0 bridgehead atoms. The Kier molecular flexibility index (Phi) is 4.89. The van der Waals surface area contributed by atoms with Crippen molar-refractivity contribution in [3.63, 3.8) is 0 Å². The van der Waals surface area contributed by atoms with Crippen molar-refractivity contribution in [2.45, 2.75) is 13.5 Å². The molecule has 0 spiro atoms. The van der Waals surface area contributed by atoms with Crippen molar-refractivity contribution >= 4 is 23.1 Å². The Hall–Kier alpha value is -2.41. The number of aromatic nitrogens is 1. The highest BCUT2D eigenvalue weighted by molar-refractivity contribution is 7.80. The summed E-state index contributed by atoms with van der Waals surface area (Å²) >= 11 is 4.85. The lowest BCUT2D eigenvalue weighted by molar-refractivity contribution is -0.123. The van der Waals surface area contributed by atoms with Gasteiger partial charge in [0.05, 0.1) is 12.7 Å². The van der Waals surface area contributed by atoms with Gasteiger partial charge in [0.25, 0.3) is 5.91 Å². The van der Waals surface area contributed by atoms with E-state index in [9.17, 15) is 4.79 Å². The summed E-state index contributed by atoms with van der Waals surface area (Å²) in [6, 6.07) is 6.90. The van der Waals surface area contributed by atoms with Crippen molar-refractivity contribution in [3.8, 4) is 5.75 Å². The van der Waals surface area contributed by atoms with E-state index in [1.807, 2.05) is 0 Å². The fourth-order valence-corrected chi connectivity index (χ4v) is 1.71. The lowest BCUT2D eigenvalue weighted by Gasteiger charge is -2.07. The number of oxazole rings is 1. The Morgan fingerprint density at radius 1 is 1.43 bits per heavy atom. The zero-order chi connectivity index (χ0) is 15.2. The van der Waals surface area contributed by atoms with E-state index in [0.29, 0.717) is 22.4 Å². The second kappa shape index (κ2) is 6.85. The van der Waals surface area contributed by atoms with E-state index < -0.39 is 0 Å². The van der Waals surface area contributed by atoms with E-state index in [0.717, 1.165) is 5.56 Å². The summed E-state index contributed by atoms with van der Waals surface area (Å²) in [4.78, 5) is 15.9. The summed E-state index contributed by atoms with van der Waals surface area (Å²) in [6.07, 6.45) is 1.60. The molecule has 3 N–H and O–H groups in total. The maximum absolute atomic E-state index is 11.6. The van der Waals surface area contributed by atoms with Crippen molar-refractivity contribution < 1.29 is 13.9 Å². The number of carbonyl (C=O) groups is 1. The minimum absolute atomic E-state index is 0.0912. The van der Waals surface area contributed by atoms with Gasteiger partial charge in [-0.25, -0.2) is 4.98 Å². The molecule has 0 unspecified atom stereocenters. The molecule has 0 saturated heterocycles. The van der Waals surface area contributed by atoms with Crippen molar-refractivity contribution in [2.75, 3.05) is 6.61 Å². The molecule has 1 amide bonds. The smallest absolute Gasteiger partial charge is 0.258 e. The molecule has 6 nitrogen and oxygen atoms in total. The first-order valence-corrected chi connectivity index (χ1v) is 6.66. The van der Waals surface area contributed by atoms with Crippen LogP contribution < -0.4 is 15.8 Å². The zero-order valence-corrected chi connectivity index (χ0v) is 12.3. The van der Waals surface area contributed by atoms with E-state index in [1.54, 1.807) is 37.4 Å². The number of carbonyl (C=O) groups excluding carboxylic acids is 1. The van der Waals surface area contributed by atoms with Gasteiger partial charge in [0.15, 0.2) is 6.61 Å². The van der Waals surface area contributed by atoms with Crippen LogP contribution in [-0.2, 0) is 11.3 Å². The highest BCUT2D eigenvalue weighted by atomic mass is 32.1. The minimum Gasteiger partial charge on any atom is -0.484 e. The Labute approximate surface area is 127 Å². The average molecular weight is 305 g/mol. The van der Waals surface area contributed by atoms with Crippen molar-refractivity contribution in [2.24, 2.45) is 5.73 Å². The van der Waals surface area contributed by atoms with Gasteiger partial charge in [0.2, 0.25) is 5.89 Å². The third kappa shape index (κ3) is 4.57. The Morgan fingerprint density at radius 2 is 2.14 bits per heavy atom. The molecule has 7 heteroatoms. The molecule has 21 heavy (non-hydrogen) atoms. The van der Waals surface area contributed by atoms with Gasteiger partial charge in [-0.1, -0.05) is 12.2 Å². The van der Waals surface area contributed by atoms with Gasteiger partial charge in [-0.05, 0) is 31.2 Å². The minimum atomic E-state index is -0.260. The molecular weight excluding hydrogens is 290 g/mol. The third-order valence-electron chi connectivity index (χ3n) is 2.61. The number of benzene rings is 1. The summed E-state index contributed by atoms with van der Waals surface area (Å²) in [7, 11) is 0. The van der Waals surface area contributed by atoms with Crippen LogP contribution in [0.3, 0.4) is 0 Å². The number of rotatable bonds is 6. The summed E-state index contributed by atoms with van der Waals surface area (Å²) in [5, 5.41) is 2.65. The van der Waals surface area contributed by atoms with E-state index in [4.69, 9.17) is 27.1 Å². The second-order valence-corrected chi connectivity index (χ2v) is 4.76. The zero-order valence-electron chi connectivity index (χ0n) is 11.5. The molecule has 0 aliphatic heterocycles. The first-order chi connectivity index (χ1) is 10.0. The van der Waals surface area contributed by atoms with Crippen molar-refractivity contribution in [1.82, 2.24) is 10.3 Å². The largest absolute Gasteiger partial charge is 0.484 e. The van der Waals surface area contributed by atoms with Crippen LogP contribution in [0.15, 0.2) is 34.9 Å². The number of hydrogen-bond acceptors (Lipinski definition) is 5. The quantitative estimate of drug-likeness (QED) is 0.782. The van der Waals surface area contributed by atoms with Crippen LogP contribution >= 0.6 is 12.2 Å². The molecule has 0 fully saturated rings. The lowest BCUT2D eigenvalue weighted by Crippen LogP contribution is -2.28. The normalized spacial score (nSPS) is 10.1. The van der Waals surface area contributed by atoms with Crippen molar-refractivity contribution in [3.05, 3.63) is 47.7 Å². The van der Waals surface area contributed by atoms with Crippen LogP contribution in [-0.4, -0.2) is 22.5 Å². The van der Waals surface area contributed by atoms with E-state index >= 15 is 0 Å². The van der Waals surface area contributed by atoms with Gasteiger partial charge in [0.1, 0.15) is 16.5 Å². The standard InChI is InChI=1S/C14H15N3O3S/c1-9-6-17-13(20-9)7-16-12(18)8-19-11-4-2-10(3-5-11)14(15)21/h2-6H,7-8H2,1H3,(H2,15,21)(H,16,18). The van der Waals surface area contributed by atoms with Crippen LogP contribution in [0.25, 0.3) is 0 Å². The number of nitrogens with two attached hydrogens (primary N) is 1. The van der Waals surface area contributed by atoms with Crippen LogP contribution in [0, 0.1) is 6.92 Å². The lowest BCUT2D eigenvalue weighted by atomic mass is 10.2. The fourth-order valence-electron chi connectivity index (χ4n) is 1.57. The number of aryl methyl sites for hydroxylation is 1. The first kappa shape index (κ1) is 15.0. The van der Waals surface area contributed by atoms with Crippen molar-refractivity contribution in [1.29, 1.82) is 0 Å². The molecule has 1 aromatic carbocycles. The summed E-state index contributed by atoms with van der Waals surface area (Å²) in [5.74, 6) is 1.47. The molecule has 2 rings (SSSR count). The number of nitrogens with one attached hydrogen (secondary N) is 1. The molecular formula is C14H15N3O3S. The highest BCUT2D eigenvalue weighted by Crippen LogP contribution is 2.11. The predicted octanol–water partition coefficient (Wildman–Crippen LogP) is 1.31. The molecule has 1 aromatic heterocycles. The molecule has 1 heterocycles. The number of amides is 1. The average Bonchev–Trinajstić information content (AvgIpc) is 2.89. The number of hydrogen-bond donors (Lipinski definition) is 2. The van der Waals surface area contributed by atoms with Gasteiger partial charge in [-0.2, -0.15) is 0 Å². The number of thiocarbonyl (C=S) groups is 1. The predicted molar refractivity (Wildman–Crippen MR) is 80.9 cm³/mol. The Balaban J connectivity index is 1.77. The summed E-state index contributed by atoms with van der Waals surface area (Å²) in [6.45, 7) is 1.93. The Morgan fingerprint density at radius 3 is 2.71 bits per heavy atom. The first-order valence-electron chi connectivity index (χ1n) is 6.25. The monoisotopic (exact) mass is 305 g/mol. The summed E-state index contributed by atoms with van der Waals surface area (Å²) < 4.78 is 10.6. The maximum Gasteiger partial charge on any atom is 0.258 e. The van der Waals surface area contributed by atoms with Gasteiger partial charge >= 0.3 is 0 Å². The summed E-state index contributed by atoms with van der Waals surface area (Å²) in [5.41, 5.74) is 6.25. The van der Waals surface area contributed by atoms with Crippen LogP contribution in [0.5, 0.6) is 5.75 Å². The van der Waals surface area contributed by atoms with Crippen LogP contribution in [0.4, 0.5) is 0 Å². The molecule has 0 aliphatic rings. The van der Waals surface area contributed by atoms with Gasteiger partial charge < -0.3 is 20.2 Å². The molecule has 0 aliphatic carbocycles. The fraction of sp³-hybridized carbons (Fsp3) is 0.214. The van der Waals surface area contributed by atoms with Gasteiger partial charge in [-0.3, -0.25) is 4.79 Å². The number of ether oxygens (including phenoxy) is 1. The maximum atomic E-state index is 11.6.